The van der Waals surface area contributed by atoms with Gasteiger partial charge in [0.2, 0.25) is 0 Å². The molecule has 39 heavy (non-hydrogen) atoms. The number of esters is 2. The van der Waals surface area contributed by atoms with Crippen molar-refractivity contribution in [2.75, 3.05) is 6.61 Å². The molecule has 3 aliphatic rings. The summed E-state index contributed by atoms with van der Waals surface area (Å²) < 4.78 is 73.7. The van der Waals surface area contributed by atoms with E-state index in [4.69, 9.17) is 9.47 Å². The van der Waals surface area contributed by atoms with Gasteiger partial charge in [0.15, 0.2) is 22.5 Å². The molecule has 7 nitrogen and oxygen atoms in total. The second-order valence-electron chi connectivity index (χ2n) is 9.08. The molecule has 6 rings (SSSR count). The Kier molecular flexibility index (Phi) is 8.02. The molecule has 0 spiro atoms. The largest absolute Gasteiger partial charge is 0.743 e. The highest BCUT2D eigenvalue weighted by atomic mass is 127. The molecule has 3 aliphatic carbocycles. The van der Waals surface area contributed by atoms with E-state index in [-0.39, 0.29) is 0 Å². The van der Waals surface area contributed by atoms with E-state index in [0.29, 0.717) is 12.9 Å². The van der Waals surface area contributed by atoms with Crippen molar-refractivity contribution in [3.05, 3.63) is 93.6 Å². The molecule has 0 fully saturated rings. The first-order valence-corrected chi connectivity index (χ1v) is 16.0. The minimum Gasteiger partial charge on any atom is -0.743 e. The van der Waals surface area contributed by atoms with Crippen LogP contribution in [0.3, 0.4) is 0 Å². The maximum atomic E-state index is 13.9. The lowest BCUT2D eigenvalue weighted by molar-refractivity contribution is -0.163. The van der Waals surface area contributed by atoms with Crippen LogP contribution in [0.1, 0.15) is 34.1 Å². The second-order valence-corrected chi connectivity index (χ2v) is 14.2. The van der Waals surface area contributed by atoms with Crippen molar-refractivity contribution in [2.24, 2.45) is 11.8 Å². The smallest absolute Gasteiger partial charge is 0.367 e. The van der Waals surface area contributed by atoms with Gasteiger partial charge in [0.1, 0.15) is 0 Å². The zero-order valence-corrected chi connectivity index (χ0v) is 26.7. The molecular formula is C26H16F2I3O7S-. The Morgan fingerprint density at radius 1 is 0.821 bits per heavy atom. The third kappa shape index (κ3) is 5.21. The first-order valence-electron chi connectivity index (χ1n) is 11.4. The van der Waals surface area contributed by atoms with Crippen LogP contribution < -0.4 is 4.74 Å². The topological polar surface area (TPSA) is 110 Å². The number of carbonyl (C=O) groups is 2. The molecule has 0 radical (unpaired) electrons. The van der Waals surface area contributed by atoms with Crippen LogP contribution in [0.4, 0.5) is 8.78 Å². The summed E-state index contributed by atoms with van der Waals surface area (Å²) in [4.78, 5) is 27.4. The molecule has 0 amide bonds. The Morgan fingerprint density at radius 3 is 1.64 bits per heavy atom. The van der Waals surface area contributed by atoms with Crippen LogP contribution in [0.15, 0.2) is 60.7 Å². The fourth-order valence-corrected chi connectivity index (χ4v) is 9.37. The molecule has 0 aromatic heterocycles. The molecule has 2 bridgehead atoms. The summed E-state index contributed by atoms with van der Waals surface area (Å²) in [6.45, 7) is -1.95. The number of fused-ring (bicyclic) bond motifs is 1. The van der Waals surface area contributed by atoms with Gasteiger partial charge in [0.05, 0.1) is 19.0 Å². The van der Waals surface area contributed by atoms with E-state index in [9.17, 15) is 31.3 Å². The third-order valence-corrected chi connectivity index (χ3v) is 9.97. The molecule has 0 heterocycles. The highest BCUT2D eigenvalue weighted by Gasteiger charge is 2.57. The van der Waals surface area contributed by atoms with Gasteiger partial charge >= 0.3 is 17.2 Å². The van der Waals surface area contributed by atoms with E-state index < -0.39 is 57.6 Å². The first-order chi connectivity index (χ1) is 18.3. The molecule has 2 unspecified atom stereocenters. The summed E-state index contributed by atoms with van der Waals surface area (Å²) >= 11 is 6.21. The van der Waals surface area contributed by atoms with Crippen molar-refractivity contribution < 1.29 is 40.8 Å². The Hall–Kier alpha value is -1.44. The standard InChI is InChI=1S/C26H17F2I3O7S/c27-26(28,39(34,35)36)11-37-24(32)21-19-13-5-1-3-7-15(13)20(16-8-4-2-6-14(16)19)22(21)25(33)38-23-17(30)9-12(29)10-18(23)31/h1-10,19-22H,11H2,(H,34,35,36)/p-1. The summed E-state index contributed by atoms with van der Waals surface area (Å²) in [7, 11) is -6.07. The van der Waals surface area contributed by atoms with Gasteiger partial charge < -0.3 is 14.0 Å². The second kappa shape index (κ2) is 10.8. The molecule has 13 heteroatoms. The predicted octanol–water partition coefficient (Wildman–Crippen LogP) is 5.61. The quantitative estimate of drug-likeness (QED) is 0.137. The number of hydrogen-bond donors (Lipinski definition) is 0. The molecule has 0 saturated heterocycles. The lowest BCUT2D eigenvalue weighted by Gasteiger charge is -2.48. The maximum Gasteiger partial charge on any atom is 0.367 e. The number of rotatable bonds is 6. The van der Waals surface area contributed by atoms with Gasteiger partial charge in [-0.15, -0.1) is 0 Å². The number of hydrogen-bond acceptors (Lipinski definition) is 7. The average Bonchev–Trinajstić information content (AvgIpc) is 2.88. The maximum absolute atomic E-state index is 13.9. The normalized spacial score (nSPS) is 21.6. The summed E-state index contributed by atoms with van der Waals surface area (Å²) in [5.74, 6) is -5.55. The van der Waals surface area contributed by atoms with Gasteiger partial charge in [-0.05, 0) is 102 Å². The van der Waals surface area contributed by atoms with Crippen LogP contribution in [-0.2, 0) is 24.4 Å². The summed E-state index contributed by atoms with van der Waals surface area (Å²) in [5, 5.41) is -4.82. The summed E-state index contributed by atoms with van der Waals surface area (Å²) in [5.41, 5.74) is 3.06. The molecule has 3 aromatic carbocycles. The van der Waals surface area contributed by atoms with E-state index >= 15 is 0 Å². The number of benzene rings is 3. The van der Waals surface area contributed by atoms with E-state index in [0.717, 1.165) is 25.8 Å². The number of ether oxygens (including phenoxy) is 2. The van der Waals surface area contributed by atoms with Gasteiger partial charge in [-0.25, -0.2) is 8.42 Å². The number of alkyl halides is 2. The van der Waals surface area contributed by atoms with Gasteiger partial charge in [-0.1, -0.05) is 48.5 Å². The van der Waals surface area contributed by atoms with Crippen LogP contribution in [0.25, 0.3) is 0 Å². The zero-order chi connectivity index (χ0) is 28.3. The van der Waals surface area contributed by atoms with E-state index in [2.05, 4.69) is 22.6 Å². The molecule has 204 valence electrons. The molecule has 0 saturated carbocycles. The van der Waals surface area contributed by atoms with Crippen molar-refractivity contribution in [3.8, 4) is 5.75 Å². The minimum atomic E-state index is -6.07. The summed E-state index contributed by atoms with van der Waals surface area (Å²) in [6, 6.07) is 18.1. The fourth-order valence-electron chi connectivity index (χ4n) is 5.36. The Balaban J connectivity index is 1.61. The van der Waals surface area contributed by atoms with Crippen LogP contribution >= 0.6 is 67.8 Å². The Bertz CT molecular complexity index is 1540. The molecule has 0 aliphatic heterocycles. The van der Waals surface area contributed by atoms with Crippen molar-refractivity contribution in [2.45, 2.75) is 17.1 Å². The van der Waals surface area contributed by atoms with Gasteiger partial charge in [0.25, 0.3) is 0 Å². The first kappa shape index (κ1) is 29.1. The van der Waals surface area contributed by atoms with Crippen molar-refractivity contribution in [3.63, 3.8) is 0 Å². The third-order valence-electron chi connectivity index (χ3n) is 6.90. The van der Waals surface area contributed by atoms with Gasteiger partial charge in [-0.2, -0.15) is 8.78 Å². The highest BCUT2D eigenvalue weighted by Crippen LogP contribution is 2.59. The Morgan fingerprint density at radius 2 is 1.23 bits per heavy atom. The van der Waals surface area contributed by atoms with E-state index in [1.165, 1.54) is 0 Å². The number of halogens is 5. The lowest BCUT2D eigenvalue weighted by Crippen LogP contribution is -2.49. The predicted molar refractivity (Wildman–Crippen MR) is 159 cm³/mol. The zero-order valence-electron chi connectivity index (χ0n) is 19.4. The molecule has 0 N–H and O–H groups in total. The van der Waals surface area contributed by atoms with Crippen LogP contribution in [-0.4, -0.2) is 36.8 Å². The van der Waals surface area contributed by atoms with E-state index in [1.807, 2.05) is 81.6 Å². The minimum absolute atomic E-state index is 0.306. The SMILES string of the molecule is O=C(OCC(F)(F)S(=O)(=O)[O-])C1C2c3ccccc3C(c3ccccc32)C1C(=O)Oc1c(I)cc(I)cc1I. The van der Waals surface area contributed by atoms with Crippen molar-refractivity contribution in [1.82, 2.24) is 0 Å². The van der Waals surface area contributed by atoms with Crippen LogP contribution in [0.5, 0.6) is 5.75 Å². The fraction of sp³-hybridized carbons (Fsp3) is 0.231. The lowest BCUT2D eigenvalue weighted by atomic mass is 9.54. The van der Waals surface area contributed by atoms with Crippen LogP contribution in [0.2, 0.25) is 0 Å². The van der Waals surface area contributed by atoms with Crippen molar-refractivity contribution in [1.29, 1.82) is 0 Å². The van der Waals surface area contributed by atoms with Gasteiger partial charge in [-0.3, -0.25) is 9.59 Å². The molecule has 2 atom stereocenters. The summed E-state index contributed by atoms with van der Waals surface area (Å²) in [6.07, 6.45) is 0. The Labute approximate surface area is 263 Å². The monoisotopic (exact) mass is 891 g/mol. The van der Waals surface area contributed by atoms with E-state index in [1.54, 1.807) is 24.3 Å². The molecular weight excluding hydrogens is 875 g/mol. The van der Waals surface area contributed by atoms with Gasteiger partial charge in [0, 0.05) is 15.4 Å². The number of carbonyl (C=O) groups excluding carboxylic acids is 2. The van der Waals surface area contributed by atoms with Crippen LogP contribution in [0, 0.1) is 22.5 Å². The van der Waals surface area contributed by atoms with Crippen molar-refractivity contribution >= 4 is 89.8 Å². The highest BCUT2D eigenvalue weighted by molar-refractivity contribution is 14.1. The average molecular weight is 891 g/mol. The molecule has 3 aromatic rings.